The largest absolute Gasteiger partial charge is 0.466 e. The molecule has 8 heteroatoms. The van der Waals surface area contributed by atoms with E-state index in [-0.39, 0.29) is 11.1 Å². The van der Waals surface area contributed by atoms with E-state index in [0.29, 0.717) is 0 Å². The number of methoxy groups -OCH3 is 4. The molecule has 0 fully saturated rings. The topological polar surface area (TPSA) is 105 Å². The van der Waals surface area contributed by atoms with Gasteiger partial charge in [0.1, 0.15) is 0 Å². The Labute approximate surface area is 152 Å². The molecule has 1 rings (SSSR count). The van der Waals surface area contributed by atoms with E-state index < -0.39 is 23.9 Å². The molecule has 0 saturated carbocycles. The molecule has 0 unspecified atom stereocenters. The molecule has 26 heavy (non-hydrogen) atoms. The predicted molar refractivity (Wildman–Crippen MR) is 93.6 cm³/mol. The summed E-state index contributed by atoms with van der Waals surface area (Å²) in [6, 6.07) is 6.33. The van der Waals surface area contributed by atoms with Crippen LogP contribution in [0.4, 0.5) is 0 Å². The molecule has 0 aliphatic carbocycles. The normalized spacial score (nSPS) is 8.85. The first-order chi connectivity index (χ1) is 12.4. The van der Waals surface area contributed by atoms with Gasteiger partial charge < -0.3 is 18.9 Å². The number of esters is 4. The predicted octanol–water partition coefficient (Wildman–Crippen LogP) is 2.17. The Morgan fingerprint density at radius 2 is 0.962 bits per heavy atom. The quantitative estimate of drug-likeness (QED) is 0.452. The zero-order valence-corrected chi connectivity index (χ0v) is 15.7. The van der Waals surface area contributed by atoms with Crippen LogP contribution >= 0.6 is 0 Å². The highest BCUT2D eigenvalue weighted by Gasteiger charge is 2.16. The molecule has 8 nitrogen and oxygen atoms in total. The molecule has 144 valence electrons. The molecular weight excluding hydrogens is 344 g/mol. The molecule has 0 heterocycles. The van der Waals surface area contributed by atoms with Crippen LogP contribution in [0.2, 0.25) is 0 Å². The highest BCUT2D eigenvalue weighted by atomic mass is 16.5. The third-order valence-electron chi connectivity index (χ3n) is 2.50. The summed E-state index contributed by atoms with van der Waals surface area (Å²) in [5.41, 5.74) is 0.420. The lowest BCUT2D eigenvalue weighted by atomic mass is 10.1. The minimum atomic E-state index is -0.578. The molecule has 0 amide bonds. The molecule has 0 aromatic heterocycles. The van der Waals surface area contributed by atoms with Crippen LogP contribution in [0.3, 0.4) is 0 Å². The van der Waals surface area contributed by atoms with Crippen molar-refractivity contribution in [2.45, 2.75) is 13.8 Å². The Morgan fingerprint density at radius 1 is 0.654 bits per heavy atom. The van der Waals surface area contributed by atoms with Crippen LogP contribution in [-0.4, -0.2) is 52.3 Å². The smallest absolute Gasteiger partial charge is 0.338 e. The summed E-state index contributed by atoms with van der Waals surface area (Å²) in [5.74, 6) is -2.26. The Kier molecular flexibility index (Phi) is 14.8. The van der Waals surface area contributed by atoms with Gasteiger partial charge >= 0.3 is 23.9 Å². The third-order valence-corrected chi connectivity index (χ3v) is 2.50. The molecule has 0 spiro atoms. The van der Waals surface area contributed by atoms with Gasteiger partial charge in [-0.3, -0.25) is 0 Å². The summed E-state index contributed by atoms with van der Waals surface area (Å²) in [4.78, 5) is 43.1. The standard InChI is InChI=1S/C10H10O4.C6H8O4.C2H6/c1-13-9(11)7-5-3-4-6-8(7)10(12)14-2;1-9-5(7)3-4-6(8)10-2;1-2/h3-6H,1-2H3;3-4H,1-2H3;1-2H3/b;4-3-;. The molecule has 0 aliphatic heterocycles. The molecule has 1 aromatic rings. The first-order valence-electron chi connectivity index (χ1n) is 7.50. The number of ether oxygens (including phenoxy) is 4. The van der Waals surface area contributed by atoms with E-state index in [4.69, 9.17) is 0 Å². The summed E-state index contributed by atoms with van der Waals surface area (Å²) < 4.78 is 17.5. The number of rotatable bonds is 4. The van der Waals surface area contributed by atoms with E-state index >= 15 is 0 Å². The maximum absolute atomic E-state index is 11.2. The van der Waals surface area contributed by atoms with Crippen LogP contribution < -0.4 is 0 Å². The zero-order chi connectivity index (χ0) is 20.5. The van der Waals surface area contributed by atoms with Crippen molar-refractivity contribution in [1.29, 1.82) is 0 Å². The number of carbonyl (C=O) groups is 4. The Balaban J connectivity index is 0. The van der Waals surface area contributed by atoms with Gasteiger partial charge in [0.05, 0.1) is 39.6 Å². The lowest BCUT2D eigenvalue weighted by Gasteiger charge is -2.04. The summed E-state index contributed by atoms with van der Waals surface area (Å²) >= 11 is 0. The maximum Gasteiger partial charge on any atom is 0.338 e. The van der Waals surface area contributed by atoms with Crippen molar-refractivity contribution in [3.63, 3.8) is 0 Å². The van der Waals surface area contributed by atoms with E-state index in [9.17, 15) is 19.2 Å². The van der Waals surface area contributed by atoms with Crippen LogP contribution in [0, 0.1) is 0 Å². The van der Waals surface area contributed by atoms with Gasteiger partial charge in [0.2, 0.25) is 0 Å². The molecule has 0 radical (unpaired) electrons. The van der Waals surface area contributed by atoms with E-state index in [2.05, 4.69) is 18.9 Å². The number of benzene rings is 1. The summed E-state index contributed by atoms with van der Waals surface area (Å²) in [5, 5.41) is 0. The molecular formula is C18H24O8. The van der Waals surface area contributed by atoms with Crippen LogP contribution in [-0.2, 0) is 28.5 Å². The van der Waals surface area contributed by atoms with Crippen LogP contribution in [0.1, 0.15) is 34.6 Å². The van der Waals surface area contributed by atoms with Gasteiger partial charge in [-0.1, -0.05) is 26.0 Å². The SMILES string of the molecule is CC.COC(=O)/C=C\C(=O)OC.COC(=O)c1ccccc1C(=O)OC. The van der Waals surface area contributed by atoms with Crippen LogP contribution in [0.25, 0.3) is 0 Å². The van der Waals surface area contributed by atoms with Crippen molar-refractivity contribution in [3.05, 3.63) is 47.5 Å². The van der Waals surface area contributed by atoms with Gasteiger partial charge in [-0.05, 0) is 12.1 Å². The van der Waals surface area contributed by atoms with Crippen molar-refractivity contribution < 1.29 is 38.1 Å². The fourth-order valence-electron chi connectivity index (χ4n) is 1.33. The first kappa shape index (κ1) is 25.1. The molecule has 0 aliphatic rings. The number of hydrogen-bond donors (Lipinski definition) is 0. The van der Waals surface area contributed by atoms with Crippen LogP contribution in [0.15, 0.2) is 36.4 Å². The fourth-order valence-corrected chi connectivity index (χ4v) is 1.33. The van der Waals surface area contributed by atoms with E-state index in [1.54, 1.807) is 12.1 Å². The van der Waals surface area contributed by atoms with Gasteiger partial charge in [0, 0.05) is 12.2 Å². The average molecular weight is 368 g/mol. The van der Waals surface area contributed by atoms with Crippen LogP contribution in [0.5, 0.6) is 0 Å². The second-order valence-electron chi connectivity index (χ2n) is 3.91. The highest BCUT2D eigenvalue weighted by molar-refractivity contribution is 6.03. The Morgan fingerprint density at radius 3 is 1.19 bits per heavy atom. The molecule has 0 N–H and O–H groups in total. The first-order valence-corrected chi connectivity index (χ1v) is 7.50. The highest BCUT2D eigenvalue weighted by Crippen LogP contribution is 2.10. The van der Waals surface area contributed by atoms with Crippen molar-refractivity contribution in [1.82, 2.24) is 0 Å². The average Bonchev–Trinajstić information content (AvgIpc) is 2.72. The van der Waals surface area contributed by atoms with Gasteiger partial charge in [-0.2, -0.15) is 0 Å². The lowest BCUT2D eigenvalue weighted by molar-refractivity contribution is -0.137. The van der Waals surface area contributed by atoms with Gasteiger partial charge in [-0.15, -0.1) is 0 Å². The second kappa shape index (κ2) is 15.4. The monoisotopic (exact) mass is 368 g/mol. The maximum atomic E-state index is 11.2. The number of hydrogen-bond acceptors (Lipinski definition) is 8. The van der Waals surface area contributed by atoms with Gasteiger partial charge in [0.15, 0.2) is 0 Å². The Bertz CT molecular complexity index is 566. The molecule has 0 atom stereocenters. The minimum absolute atomic E-state index is 0.210. The van der Waals surface area contributed by atoms with Crippen molar-refractivity contribution >= 4 is 23.9 Å². The van der Waals surface area contributed by atoms with Gasteiger partial charge in [0.25, 0.3) is 0 Å². The van der Waals surface area contributed by atoms with E-state index in [0.717, 1.165) is 12.2 Å². The van der Waals surface area contributed by atoms with Crippen molar-refractivity contribution in [2.75, 3.05) is 28.4 Å². The van der Waals surface area contributed by atoms with E-state index in [1.807, 2.05) is 13.8 Å². The molecule has 0 saturated heterocycles. The van der Waals surface area contributed by atoms with Gasteiger partial charge in [-0.25, -0.2) is 19.2 Å². The minimum Gasteiger partial charge on any atom is -0.466 e. The second-order valence-corrected chi connectivity index (χ2v) is 3.91. The Hall–Kier alpha value is -3.16. The third kappa shape index (κ3) is 9.86. The van der Waals surface area contributed by atoms with Crippen molar-refractivity contribution in [3.8, 4) is 0 Å². The summed E-state index contributed by atoms with van der Waals surface area (Å²) in [6.07, 6.45) is 1.98. The molecule has 1 aromatic carbocycles. The zero-order valence-electron chi connectivity index (χ0n) is 15.7. The summed E-state index contributed by atoms with van der Waals surface area (Å²) in [6.45, 7) is 4.00. The number of carbonyl (C=O) groups excluding carboxylic acids is 4. The molecule has 0 bridgehead atoms. The lowest BCUT2D eigenvalue weighted by Crippen LogP contribution is -2.11. The van der Waals surface area contributed by atoms with E-state index in [1.165, 1.54) is 40.6 Å². The van der Waals surface area contributed by atoms with Crippen molar-refractivity contribution in [2.24, 2.45) is 0 Å². The fraction of sp³-hybridized carbons (Fsp3) is 0.333. The summed E-state index contributed by atoms with van der Waals surface area (Å²) in [7, 11) is 4.97.